The molecule has 4 rings (SSSR count). The van der Waals surface area contributed by atoms with E-state index < -0.39 is 8.32 Å². The number of hydrogen-bond donors (Lipinski definition) is 1. The standard InChI is InChI=1S/C25H30O3Si/c1-25(2,3)29(4,5)28-23-15-22(27-24(23)16-26)20-11-10-19-12-17-8-6-7-9-18(17)13-21(19)14-20/h6-15,23-24,26H,16H2,1-5H3/t23-,24+/m0/s1. The van der Waals surface area contributed by atoms with Crippen molar-refractivity contribution < 1.29 is 14.3 Å². The van der Waals surface area contributed by atoms with Gasteiger partial charge in [0.15, 0.2) is 14.4 Å². The lowest BCUT2D eigenvalue weighted by Crippen LogP contribution is -2.46. The van der Waals surface area contributed by atoms with Gasteiger partial charge in [0.1, 0.15) is 11.9 Å². The highest BCUT2D eigenvalue weighted by Gasteiger charge is 2.42. The van der Waals surface area contributed by atoms with Gasteiger partial charge in [-0.05, 0) is 64.0 Å². The van der Waals surface area contributed by atoms with Crippen molar-refractivity contribution in [2.45, 2.75) is 51.1 Å². The summed E-state index contributed by atoms with van der Waals surface area (Å²) in [5, 5.41) is 14.8. The Labute approximate surface area is 174 Å². The molecule has 3 aromatic rings. The molecular weight excluding hydrogens is 376 g/mol. The molecule has 0 saturated carbocycles. The smallest absolute Gasteiger partial charge is 0.193 e. The predicted molar refractivity (Wildman–Crippen MR) is 123 cm³/mol. The molecule has 2 atom stereocenters. The van der Waals surface area contributed by atoms with Crippen molar-refractivity contribution in [3.05, 3.63) is 66.2 Å². The largest absolute Gasteiger partial charge is 0.485 e. The molecule has 1 heterocycles. The second-order valence-electron chi connectivity index (χ2n) is 9.47. The predicted octanol–water partition coefficient (Wildman–Crippen LogP) is 6.12. The summed E-state index contributed by atoms with van der Waals surface area (Å²) in [4.78, 5) is 0. The number of fused-ring (bicyclic) bond motifs is 2. The van der Waals surface area contributed by atoms with Gasteiger partial charge in [0.2, 0.25) is 0 Å². The van der Waals surface area contributed by atoms with Gasteiger partial charge in [-0.1, -0.05) is 57.2 Å². The molecule has 3 aromatic carbocycles. The van der Waals surface area contributed by atoms with Crippen molar-refractivity contribution in [3.63, 3.8) is 0 Å². The molecule has 1 aliphatic heterocycles. The van der Waals surface area contributed by atoms with E-state index in [4.69, 9.17) is 9.16 Å². The van der Waals surface area contributed by atoms with Crippen LogP contribution in [0.4, 0.5) is 0 Å². The summed E-state index contributed by atoms with van der Waals surface area (Å²) in [5.41, 5.74) is 1.02. The van der Waals surface area contributed by atoms with Crippen LogP contribution in [0.5, 0.6) is 0 Å². The van der Waals surface area contributed by atoms with Gasteiger partial charge in [-0.2, -0.15) is 0 Å². The first-order valence-electron chi connectivity index (χ1n) is 10.3. The lowest BCUT2D eigenvalue weighted by Gasteiger charge is -2.38. The van der Waals surface area contributed by atoms with Crippen molar-refractivity contribution in [1.29, 1.82) is 0 Å². The summed E-state index contributed by atoms with van der Waals surface area (Å²) in [5.74, 6) is 0.794. The minimum atomic E-state index is -1.97. The number of aliphatic hydroxyl groups is 1. The minimum absolute atomic E-state index is 0.0580. The van der Waals surface area contributed by atoms with Crippen molar-refractivity contribution in [1.82, 2.24) is 0 Å². The van der Waals surface area contributed by atoms with E-state index in [2.05, 4.69) is 88.5 Å². The SMILES string of the molecule is CC(C)(C)[Si](C)(C)O[C@H]1C=C(c2ccc3cc4ccccc4cc3c2)O[C@@H]1CO. The van der Waals surface area contributed by atoms with Gasteiger partial charge < -0.3 is 14.3 Å². The van der Waals surface area contributed by atoms with E-state index in [0.29, 0.717) is 0 Å². The molecule has 0 bridgehead atoms. The van der Waals surface area contributed by atoms with Crippen LogP contribution in [-0.2, 0) is 9.16 Å². The molecule has 0 spiro atoms. The number of benzene rings is 3. The van der Waals surface area contributed by atoms with Gasteiger partial charge in [0.25, 0.3) is 0 Å². The highest BCUT2D eigenvalue weighted by Crippen LogP contribution is 2.40. The second-order valence-corrected chi connectivity index (χ2v) is 14.2. The lowest BCUT2D eigenvalue weighted by atomic mass is 10.0. The third-order valence-electron chi connectivity index (χ3n) is 6.37. The zero-order valence-electron chi connectivity index (χ0n) is 17.9. The van der Waals surface area contributed by atoms with Crippen molar-refractivity contribution in [3.8, 4) is 0 Å². The maximum absolute atomic E-state index is 9.87. The monoisotopic (exact) mass is 406 g/mol. The van der Waals surface area contributed by atoms with Crippen LogP contribution in [0.15, 0.2) is 60.7 Å². The average Bonchev–Trinajstić information content (AvgIpc) is 3.07. The molecule has 1 aliphatic rings. The number of ether oxygens (including phenoxy) is 1. The molecule has 0 aromatic heterocycles. The van der Waals surface area contributed by atoms with Crippen LogP contribution in [-0.4, -0.2) is 32.2 Å². The van der Waals surface area contributed by atoms with Gasteiger partial charge in [0, 0.05) is 5.56 Å². The molecular formula is C25H30O3Si. The fourth-order valence-electron chi connectivity index (χ4n) is 3.55. The third kappa shape index (κ3) is 3.85. The first-order valence-corrected chi connectivity index (χ1v) is 13.2. The van der Waals surface area contributed by atoms with Crippen LogP contribution < -0.4 is 0 Å². The Hall–Kier alpha value is -2.14. The minimum Gasteiger partial charge on any atom is -0.485 e. The Kier molecular flexibility index (Phi) is 5.05. The zero-order chi connectivity index (χ0) is 20.8. The molecule has 0 unspecified atom stereocenters. The maximum Gasteiger partial charge on any atom is 0.193 e. The Morgan fingerprint density at radius 3 is 2.17 bits per heavy atom. The summed E-state index contributed by atoms with van der Waals surface area (Å²) < 4.78 is 12.7. The summed E-state index contributed by atoms with van der Waals surface area (Å²) in [6.07, 6.45) is 1.47. The highest BCUT2D eigenvalue weighted by atomic mass is 28.4. The molecule has 0 radical (unpaired) electrons. The van der Waals surface area contributed by atoms with E-state index in [-0.39, 0.29) is 23.9 Å². The van der Waals surface area contributed by atoms with Crippen molar-refractivity contribution in [2.24, 2.45) is 0 Å². The van der Waals surface area contributed by atoms with Crippen LogP contribution >= 0.6 is 0 Å². The van der Waals surface area contributed by atoms with Crippen LogP contribution in [0, 0.1) is 0 Å². The molecule has 0 aliphatic carbocycles. The maximum atomic E-state index is 9.87. The normalized spacial score (nSPS) is 20.1. The lowest BCUT2D eigenvalue weighted by molar-refractivity contribution is 0.0343. The van der Waals surface area contributed by atoms with Gasteiger partial charge in [0.05, 0.1) is 6.61 Å². The van der Waals surface area contributed by atoms with E-state index in [1.54, 1.807) is 0 Å². The first kappa shape index (κ1) is 20.1. The molecule has 1 N–H and O–H groups in total. The Bertz CT molecular complexity index is 1080. The van der Waals surface area contributed by atoms with E-state index >= 15 is 0 Å². The topological polar surface area (TPSA) is 38.7 Å². The van der Waals surface area contributed by atoms with Gasteiger partial charge in [-0.25, -0.2) is 0 Å². The first-order chi connectivity index (χ1) is 13.7. The highest BCUT2D eigenvalue weighted by molar-refractivity contribution is 6.74. The summed E-state index contributed by atoms with van der Waals surface area (Å²) in [7, 11) is -1.97. The summed E-state index contributed by atoms with van der Waals surface area (Å²) >= 11 is 0. The van der Waals surface area contributed by atoms with Gasteiger partial charge in [-0.15, -0.1) is 0 Å². The zero-order valence-corrected chi connectivity index (χ0v) is 18.9. The van der Waals surface area contributed by atoms with Crippen LogP contribution in [0.25, 0.3) is 27.3 Å². The third-order valence-corrected chi connectivity index (χ3v) is 10.8. The van der Waals surface area contributed by atoms with E-state index in [0.717, 1.165) is 11.3 Å². The van der Waals surface area contributed by atoms with Crippen molar-refractivity contribution >= 4 is 35.6 Å². The summed E-state index contributed by atoms with van der Waals surface area (Å²) in [6.45, 7) is 11.1. The molecule has 29 heavy (non-hydrogen) atoms. The second kappa shape index (κ2) is 7.28. The number of hydrogen-bond acceptors (Lipinski definition) is 3. The molecule has 0 fully saturated rings. The number of rotatable bonds is 4. The van der Waals surface area contributed by atoms with Gasteiger partial charge >= 0.3 is 0 Å². The molecule has 152 valence electrons. The Morgan fingerprint density at radius 2 is 1.55 bits per heavy atom. The average molecular weight is 407 g/mol. The van der Waals surface area contributed by atoms with Gasteiger partial charge in [-0.3, -0.25) is 0 Å². The van der Waals surface area contributed by atoms with E-state index in [1.807, 2.05) is 6.08 Å². The molecule has 4 heteroatoms. The molecule has 0 saturated heterocycles. The van der Waals surface area contributed by atoms with E-state index in [1.165, 1.54) is 21.5 Å². The molecule has 3 nitrogen and oxygen atoms in total. The Balaban J connectivity index is 1.68. The summed E-state index contributed by atoms with van der Waals surface area (Å²) in [6, 6.07) is 19.2. The van der Waals surface area contributed by atoms with Crippen molar-refractivity contribution in [2.75, 3.05) is 6.61 Å². The molecule has 0 amide bonds. The van der Waals surface area contributed by atoms with Crippen LogP contribution in [0.1, 0.15) is 26.3 Å². The van der Waals surface area contributed by atoms with Crippen LogP contribution in [0.2, 0.25) is 18.1 Å². The van der Waals surface area contributed by atoms with Crippen LogP contribution in [0.3, 0.4) is 0 Å². The Morgan fingerprint density at radius 1 is 0.931 bits per heavy atom. The number of aliphatic hydroxyl groups excluding tert-OH is 1. The van der Waals surface area contributed by atoms with E-state index in [9.17, 15) is 5.11 Å². The quantitative estimate of drug-likeness (QED) is 0.419. The fraction of sp³-hybridized carbons (Fsp3) is 0.360. The fourth-order valence-corrected chi connectivity index (χ4v) is 4.81.